The highest BCUT2D eigenvalue weighted by Gasteiger charge is 2.32. The molecule has 0 aliphatic heterocycles. The number of anilines is 2. The molecular weight excluding hydrogens is 286 g/mol. The van der Waals surface area contributed by atoms with E-state index < -0.39 is 0 Å². The summed E-state index contributed by atoms with van der Waals surface area (Å²) in [6.07, 6.45) is 7.15. The highest BCUT2D eigenvalue weighted by molar-refractivity contribution is 8.00. The number of nitro groups is 1. The molecule has 0 spiro atoms. The third-order valence-electron chi connectivity index (χ3n) is 4.07. The first-order valence-corrected chi connectivity index (χ1v) is 8.63. The lowest BCUT2D eigenvalue weighted by Crippen LogP contribution is -2.30. The zero-order valence-corrected chi connectivity index (χ0v) is 13.5. The highest BCUT2D eigenvalue weighted by atomic mass is 32.2. The average Bonchev–Trinajstić information content (AvgIpc) is 2.95. The molecule has 0 heterocycles. The molecule has 0 radical (unpaired) electrons. The Bertz CT molecular complexity index is 502. The lowest BCUT2D eigenvalue weighted by atomic mass is 10.1. The molecule has 0 bridgehead atoms. The summed E-state index contributed by atoms with van der Waals surface area (Å²) in [6, 6.07) is 5.14. The molecular formula is C15H23N3O2S. The van der Waals surface area contributed by atoms with Gasteiger partial charge in [-0.25, -0.2) is 0 Å². The van der Waals surface area contributed by atoms with E-state index >= 15 is 0 Å². The number of rotatable bonds is 7. The van der Waals surface area contributed by atoms with E-state index in [0.717, 1.165) is 24.5 Å². The molecule has 1 fully saturated rings. The maximum absolute atomic E-state index is 11.0. The zero-order chi connectivity index (χ0) is 15.3. The molecule has 1 aliphatic carbocycles. The highest BCUT2D eigenvalue weighted by Crippen LogP contribution is 2.40. The summed E-state index contributed by atoms with van der Waals surface area (Å²) in [6.45, 7) is 3.59. The van der Waals surface area contributed by atoms with Crippen LogP contribution in [0.1, 0.15) is 32.6 Å². The van der Waals surface area contributed by atoms with Gasteiger partial charge < -0.3 is 10.6 Å². The third-order valence-corrected chi connectivity index (χ3v) is 5.49. The van der Waals surface area contributed by atoms with Crippen molar-refractivity contribution in [3.8, 4) is 0 Å². The first-order chi connectivity index (χ1) is 10.1. The minimum Gasteiger partial charge on any atom is -0.385 e. The van der Waals surface area contributed by atoms with Crippen LogP contribution in [0.2, 0.25) is 0 Å². The molecule has 21 heavy (non-hydrogen) atoms. The molecule has 1 aromatic rings. The van der Waals surface area contributed by atoms with Crippen molar-refractivity contribution in [3.63, 3.8) is 0 Å². The standard InChI is InChI=1S/C15H23N3O2S/c1-3-16-12-8-13(10-14(9-12)18(19)20)17-11-15(21-2)6-4-5-7-15/h8-10,16-17H,3-7,11H2,1-2H3. The van der Waals surface area contributed by atoms with Gasteiger partial charge in [-0.3, -0.25) is 10.1 Å². The van der Waals surface area contributed by atoms with E-state index in [2.05, 4.69) is 16.9 Å². The number of hydrogen-bond donors (Lipinski definition) is 2. The van der Waals surface area contributed by atoms with Gasteiger partial charge in [0.05, 0.1) is 4.92 Å². The summed E-state index contributed by atoms with van der Waals surface area (Å²) in [5.74, 6) is 0. The summed E-state index contributed by atoms with van der Waals surface area (Å²) in [5, 5.41) is 17.6. The van der Waals surface area contributed by atoms with Crippen molar-refractivity contribution in [2.45, 2.75) is 37.4 Å². The van der Waals surface area contributed by atoms with Crippen molar-refractivity contribution in [2.75, 3.05) is 30.0 Å². The summed E-state index contributed by atoms with van der Waals surface area (Å²) in [4.78, 5) is 10.7. The number of benzene rings is 1. The van der Waals surface area contributed by atoms with Crippen LogP contribution in [0.3, 0.4) is 0 Å². The molecule has 116 valence electrons. The van der Waals surface area contributed by atoms with Crippen molar-refractivity contribution in [1.82, 2.24) is 0 Å². The van der Waals surface area contributed by atoms with E-state index in [1.807, 2.05) is 24.8 Å². The fourth-order valence-corrected chi connectivity index (χ4v) is 3.77. The van der Waals surface area contributed by atoms with Crippen LogP contribution in [-0.4, -0.2) is 29.0 Å². The second-order valence-corrected chi connectivity index (χ2v) is 6.78. The summed E-state index contributed by atoms with van der Waals surface area (Å²) < 4.78 is 0.281. The van der Waals surface area contributed by atoms with Crippen LogP contribution in [-0.2, 0) is 0 Å². The Balaban J connectivity index is 2.12. The molecule has 0 atom stereocenters. The van der Waals surface area contributed by atoms with Gasteiger partial charge in [0.2, 0.25) is 0 Å². The second kappa shape index (κ2) is 7.02. The van der Waals surface area contributed by atoms with Gasteiger partial charge in [-0.05, 0) is 32.1 Å². The van der Waals surface area contributed by atoms with Gasteiger partial charge in [0.25, 0.3) is 5.69 Å². The largest absolute Gasteiger partial charge is 0.385 e. The molecule has 2 rings (SSSR count). The first-order valence-electron chi connectivity index (χ1n) is 7.41. The molecule has 1 aliphatic rings. The Kier molecular flexibility index (Phi) is 5.33. The summed E-state index contributed by atoms with van der Waals surface area (Å²) >= 11 is 1.91. The van der Waals surface area contributed by atoms with Gasteiger partial charge in [0, 0.05) is 41.3 Å². The lowest BCUT2D eigenvalue weighted by Gasteiger charge is -2.27. The fourth-order valence-electron chi connectivity index (χ4n) is 2.86. The Hall–Kier alpha value is -1.43. The second-order valence-electron chi connectivity index (χ2n) is 5.50. The van der Waals surface area contributed by atoms with Gasteiger partial charge in [0.15, 0.2) is 0 Å². The fraction of sp³-hybridized carbons (Fsp3) is 0.600. The quantitative estimate of drug-likeness (QED) is 0.586. The molecule has 6 heteroatoms. The predicted octanol–water partition coefficient (Wildman–Crippen LogP) is 4.11. The van der Waals surface area contributed by atoms with Gasteiger partial charge in [-0.2, -0.15) is 11.8 Å². The number of nitro benzene ring substituents is 1. The van der Waals surface area contributed by atoms with Crippen LogP contribution in [0, 0.1) is 10.1 Å². The summed E-state index contributed by atoms with van der Waals surface area (Å²) in [5.41, 5.74) is 1.74. The van der Waals surface area contributed by atoms with Gasteiger partial charge in [-0.1, -0.05) is 12.8 Å². The first kappa shape index (κ1) is 15.9. The normalized spacial score (nSPS) is 16.7. The van der Waals surface area contributed by atoms with E-state index in [-0.39, 0.29) is 15.4 Å². The van der Waals surface area contributed by atoms with Crippen LogP contribution in [0.15, 0.2) is 18.2 Å². The van der Waals surface area contributed by atoms with E-state index in [1.54, 1.807) is 12.1 Å². The number of non-ortho nitro benzene ring substituents is 1. The number of nitrogens with zero attached hydrogens (tertiary/aromatic N) is 1. The topological polar surface area (TPSA) is 67.2 Å². The molecule has 1 aromatic carbocycles. The molecule has 0 saturated heterocycles. The maximum atomic E-state index is 11.0. The predicted molar refractivity (Wildman–Crippen MR) is 90.5 cm³/mol. The Morgan fingerprint density at radius 3 is 2.38 bits per heavy atom. The van der Waals surface area contributed by atoms with Crippen molar-refractivity contribution >= 4 is 28.8 Å². The van der Waals surface area contributed by atoms with Crippen LogP contribution in [0.5, 0.6) is 0 Å². The molecule has 0 amide bonds. The number of thioether (sulfide) groups is 1. The van der Waals surface area contributed by atoms with Gasteiger partial charge >= 0.3 is 0 Å². The van der Waals surface area contributed by atoms with Crippen molar-refractivity contribution in [1.29, 1.82) is 0 Å². The molecule has 2 N–H and O–H groups in total. The van der Waals surface area contributed by atoms with E-state index in [1.165, 1.54) is 25.7 Å². The zero-order valence-electron chi connectivity index (χ0n) is 12.6. The van der Waals surface area contributed by atoms with E-state index in [0.29, 0.717) is 0 Å². The molecule has 0 aromatic heterocycles. The van der Waals surface area contributed by atoms with Gasteiger partial charge in [0.1, 0.15) is 0 Å². The third kappa shape index (κ3) is 4.03. The van der Waals surface area contributed by atoms with Crippen molar-refractivity contribution in [3.05, 3.63) is 28.3 Å². The lowest BCUT2D eigenvalue weighted by molar-refractivity contribution is -0.384. The Morgan fingerprint density at radius 2 is 1.86 bits per heavy atom. The average molecular weight is 309 g/mol. The maximum Gasteiger partial charge on any atom is 0.273 e. The number of nitrogens with one attached hydrogen (secondary N) is 2. The van der Waals surface area contributed by atoms with Crippen LogP contribution in [0.25, 0.3) is 0 Å². The van der Waals surface area contributed by atoms with Gasteiger partial charge in [-0.15, -0.1) is 0 Å². The SMILES string of the molecule is CCNc1cc(NCC2(SC)CCCC2)cc([N+](=O)[O-])c1. The smallest absolute Gasteiger partial charge is 0.273 e. The Morgan fingerprint density at radius 1 is 1.24 bits per heavy atom. The monoisotopic (exact) mass is 309 g/mol. The summed E-state index contributed by atoms with van der Waals surface area (Å²) in [7, 11) is 0. The van der Waals surface area contributed by atoms with Crippen LogP contribution >= 0.6 is 11.8 Å². The Labute approximate surface area is 130 Å². The van der Waals surface area contributed by atoms with Crippen LogP contribution < -0.4 is 10.6 Å². The van der Waals surface area contributed by atoms with E-state index in [9.17, 15) is 10.1 Å². The van der Waals surface area contributed by atoms with Crippen molar-refractivity contribution in [2.24, 2.45) is 0 Å². The molecule has 0 unspecified atom stereocenters. The minimum atomic E-state index is -0.341. The van der Waals surface area contributed by atoms with Crippen molar-refractivity contribution < 1.29 is 4.92 Å². The van der Waals surface area contributed by atoms with E-state index in [4.69, 9.17) is 0 Å². The minimum absolute atomic E-state index is 0.126. The molecule has 1 saturated carbocycles. The number of hydrogen-bond acceptors (Lipinski definition) is 5. The van der Waals surface area contributed by atoms with Crippen LogP contribution in [0.4, 0.5) is 17.1 Å². The molecule has 5 nitrogen and oxygen atoms in total.